The van der Waals surface area contributed by atoms with Crippen LogP contribution in [0.4, 0.5) is 5.69 Å². The minimum atomic E-state index is 0.451. The summed E-state index contributed by atoms with van der Waals surface area (Å²) >= 11 is 2.05. The molecule has 0 saturated carbocycles. The lowest BCUT2D eigenvalue weighted by atomic mass is 9.76. The van der Waals surface area contributed by atoms with Crippen LogP contribution in [0, 0.1) is 12.3 Å². The van der Waals surface area contributed by atoms with E-state index in [1.165, 1.54) is 41.0 Å². The van der Waals surface area contributed by atoms with Gasteiger partial charge in [0.15, 0.2) is 0 Å². The van der Waals surface area contributed by atoms with E-state index >= 15 is 0 Å². The summed E-state index contributed by atoms with van der Waals surface area (Å²) in [5, 5.41) is 3.38. The molecule has 0 spiro atoms. The van der Waals surface area contributed by atoms with Gasteiger partial charge in [-0.25, -0.2) is 0 Å². The lowest BCUT2D eigenvalue weighted by Gasteiger charge is -2.41. The van der Waals surface area contributed by atoms with Gasteiger partial charge in [0.2, 0.25) is 0 Å². The number of rotatable bonds is 3. The van der Waals surface area contributed by atoms with Crippen molar-refractivity contribution in [2.75, 3.05) is 25.0 Å². The number of likely N-dealkylation sites (N-methyl/N-ethyl adjacent to an activating group) is 1. The van der Waals surface area contributed by atoms with Crippen LogP contribution < -0.4 is 10.2 Å². The van der Waals surface area contributed by atoms with Crippen molar-refractivity contribution >= 4 is 17.0 Å². The highest BCUT2D eigenvalue weighted by Gasteiger charge is 2.31. The van der Waals surface area contributed by atoms with Crippen LogP contribution in [-0.4, -0.2) is 26.2 Å². The lowest BCUT2D eigenvalue weighted by Crippen LogP contribution is -2.57. The van der Waals surface area contributed by atoms with Crippen molar-refractivity contribution in [1.29, 1.82) is 0 Å². The maximum Gasteiger partial charge on any atom is 0.0455 e. The standard InChI is InChI=1S/C21H28N2S/c1-14-17-11-21(2,3)10-9-19(17)24-20(14)16-7-5-6-8-18(16)23-12-15(13-23)22-4/h5-8,15,22H,9-13H2,1-4H3. The molecule has 2 aliphatic rings. The van der Waals surface area contributed by atoms with Crippen molar-refractivity contribution in [1.82, 2.24) is 5.32 Å². The van der Waals surface area contributed by atoms with Gasteiger partial charge in [-0.2, -0.15) is 0 Å². The van der Waals surface area contributed by atoms with Crippen molar-refractivity contribution in [2.24, 2.45) is 5.41 Å². The number of hydrogen-bond donors (Lipinski definition) is 1. The Bertz CT molecular complexity index is 753. The average molecular weight is 341 g/mol. The molecule has 128 valence electrons. The fraction of sp³-hybridized carbons (Fsp3) is 0.524. The van der Waals surface area contributed by atoms with Gasteiger partial charge in [0.05, 0.1) is 0 Å². The van der Waals surface area contributed by atoms with Crippen LogP contribution in [0.15, 0.2) is 24.3 Å². The molecule has 24 heavy (non-hydrogen) atoms. The van der Waals surface area contributed by atoms with Crippen LogP contribution in [0.25, 0.3) is 10.4 Å². The van der Waals surface area contributed by atoms with Gasteiger partial charge in [-0.05, 0) is 55.8 Å². The zero-order chi connectivity index (χ0) is 16.9. The molecule has 0 unspecified atom stereocenters. The van der Waals surface area contributed by atoms with E-state index < -0.39 is 0 Å². The van der Waals surface area contributed by atoms with Crippen molar-refractivity contribution in [2.45, 2.75) is 46.1 Å². The maximum absolute atomic E-state index is 3.38. The van der Waals surface area contributed by atoms with Crippen LogP contribution in [0.1, 0.15) is 36.3 Å². The Kier molecular flexibility index (Phi) is 3.97. The second-order valence-electron chi connectivity index (χ2n) is 8.21. The van der Waals surface area contributed by atoms with Crippen LogP contribution in [0.3, 0.4) is 0 Å². The quantitative estimate of drug-likeness (QED) is 0.875. The Hall–Kier alpha value is -1.32. The van der Waals surface area contributed by atoms with Gasteiger partial charge < -0.3 is 10.2 Å². The van der Waals surface area contributed by atoms with Crippen LogP contribution >= 0.6 is 11.3 Å². The van der Waals surface area contributed by atoms with Gasteiger partial charge in [-0.3, -0.25) is 0 Å². The first-order valence-electron chi connectivity index (χ1n) is 9.11. The molecule has 1 N–H and O–H groups in total. The predicted molar refractivity (Wildman–Crippen MR) is 105 cm³/mol. The van der Waals surface area contributed by atoms with Gasteiger partial charge in [-0.1, -0.05) is 32.0 Å². The highest BCUT2D eigenvalue weighted by molar-refractivity contribution is 7.16. The van der Waals surface area contributed by atoms with Crippen molar-refractivity contribution in [3.05, 3.63) is 40.3 Å². The number of nitrogens with one attached hydrogen (secondary N) is 1. The molecule has 1 aliphatic carbocycles. The summed E-state index contributed by atoms with van der Waals surface area (Å²) in [6, 6.07) is 9.62. The Morgan fingerprint density at radius 1 is 1.21 bits per heavy atom. The van der Waals surface area contributed by atoms with Gasteiger partial charge in [0.1, 0.15) is 0 Å². The van der Waals surface area contributed by atoms with E-state index in [4.69, 9.17) is 0 Å². The zero-order valence-corrected chi connectivity index (χ0v) is 16.1. The molecule has 1 aromatic carbocycles. The number of para-hydroxylation sites is 1. The van der Waals surface area contributed by atoms with E-state index in [0.29, 0.717) is 11.5 Å². The average Bonchev–Trinajstić information content (AvgIpc) is 2.82. The molecule has 4 rings (SSSR count). The Morgan fingerprint density at radius 2 is 1.96 bits per heavy atom. The molecule has 0 radical (unpaired) electrons. The van der Waals surface area contributed by atoms with Gasteiger partial charge in [0, 0.05) is 40.1 Å². The van der Waals surface area contributed by atoms with E-state index in [9.17, 15) is 0 Å². The fourth-order valence-corrected chi connectivity index (χ4v) is 5.47. The van der Waals surface area contributed by atoms with E-state index in [-0.39, 0.29) is 0 Å². The molecule has 1 saturated heterocycles. The Labute approximate surface area is 149 Å². The van der Waals surface area contributed by atoms with Crippen molar-refractivity contribution in [3.8, 4) is 10.4 Å². The second-order valence-corrected chi connectivity index (χ2v) is 9.31. The molecule has 2 nitrogen and oxygen atoms in total. The third-order valence-electron chi connectivity index (χ3n) is 5.82. The maximum atomic E-state index is 3.38. The number of hydrogen-bond acceptors (Lipinski definition) is 3. The largest absolute Gasteiger partial charge is 0.368 e. The molecular weight excluding hydrogens is 312 g/mol. The SMILES string of the molecule is CNC1CN(c2ccccc2-c2sc3c(c2C)CC(C)(C)CC3)C1. The lowest BCUT2D eigenvalue weighted by molar-refractivity contribution is 0.317. The van der Waals surface area contributed by atoms with Crippen molar-refractivity contribution in [3.63, 3.8) is 0 Å². The van der Waals surface area contributed by atoms with Gasteiger partial charge in [-0.15, -0.1) is 11.3 Å². The highest BCUT2D eigenvalue weighted by Crippen LogP contribution is 2.46. The molecule has 1 aromatic heterocycles. The molecular formula is C21H28N2S. The summed E-state index contributed by atoms with van der Waals surface area (Å²) in [7, 11) is 2.06. The number of anilines is 1. The first-order chi connectivity index (χ1) is 11.5. The number of thiophene rings is 1. The van der Waals surface area contributed by atoms with Gasteiger partial charge in [0.25, 0.3) is 0 Å². The smallest absolute Gasteiger partial charge is 0.0455 e. The number of benzene rings is 1. The number of nitrogens with zero attached hydrogens (tertiary/aromatic N) is 1. The summed E-state index contributed by atoms with van der Waals surface area (Å²) in [6.45, 7) is 9.40. The number of aryl methyl sites for hydroxylation is 1. The first-order valence-corrected chi connectivity index (χ1v) is 9.93. The predicted octanol–water partition coefficient (Wildman–Crippen LogP) is 4.65. The molecule has 0 amide bonds. The normalized spacial score (nSPS) is 19.9. The van der Waals surface area contributed by atoms with Crippen molar-refractivity contribution < 1.29 is 0 Å². The Balaban J connectivity index is 1.72. The Morgan fingerprint density at radius 3 is 2.71 bits per heavy atom. The summed E-state index contributed by atoms with van der Waals surface area (Å²) in [5.74, 6) is 0. The number of fused-ring (bicyclic) bond motifs is 1. The molecule has 1 aliphatic heterocycles. The topological polar surface area (TPSA) is 15.3 Å². The first kappa shape index (κ1) is 16.2. The monoisotopic (exact) mass is 340 g/mol. The molecule has 2 aromatic rings. The van der Waals surface area contributed by atoms with E-state index in [0.717, 1.165) is 13.1 Å². The van der Waals surface area contributed by atoms with Gasteiger partial charge >= 0.3 is 0 Å². The highest BCUT2D eigenvalue weighted by atomic mass is 32.1. The van der Waals surface area contributed by atoms with Crippen LogP contribution in [-0.2, 0) is 12.8 Å². The second kappa shape index (κ2) is 5.89. The molecule has 0 bridgehead atoms. The minimum absolute atomic E-state index is 0.451. The van der Waals surface area contributed by atoms with E-state index in [2.05, 4.69) is 62.3 Å². The van der Waals surface area contributed by atoms with E-state index in [1.807, 2.05) is 11.3 Å². The summed E-state index contributed by atoms with van der Waals surface area (Å²) < 4.78 is 0. The summed E-state index contributed by atoms with van der Waals surface area (Å²) in [6.07, 6.45) is 3.80. The molecule has 3 heteroatoms. The third-order valence-corrected chi connectivity index (χ3v) is 7.25. The third kappa shape index (κ3) is 2.68. The summed E-state index contributed by atoms with van der Waals surface area (Å²) in [5.41, 5.74) is 6.46. The van der Waals surface area contributed by atoms with Crippen LogP contribution in [0.5, 0.6) is 0 Å². The fourth-order valence-electron chi connectivity index (χ4n) is 4.12. The summed E-state index contributed by atoms with van der Waals surface area (Å²) in [4.78, 5) is 5.65. The molecule has 0 atom stereocenters. The molecule has 2 heterocycles. The van der Waals surface area contributed by atoms with Crippen LogP contribution in [0.2, 0.25) is 0 Å². The molecule has 1 fully saturated rings. The zero-order valence-electron chi connectivity index (χ0n) is 15.3. The van der Waals surface area contributed by atoms with E-state index in [1.54, 1.807) is 10.4 Å². The minimum Gasteiger partial charge on any atom is -0.368 e.